The summed E-state index contributed by atoms with van der Waals surface area (Å²) < 4.78 is 0.993. The van der Waals surface area contributed by atoms with Crippen molar-refractivity contribution in [2.75, 3.05) is 11.9 Å². The van der Waals surface area contributed by atoms with Crippen molar-refractivity contribution in [1.29, 1.82) is 0 Å². The molecule has 3 aromatic rings. The van der Waals surface area contributed by atoms with Crippen LogP contribution >= 0.6 is 15.9 Å². The lowest BCUT2D eigenvalue weighted by molar-refractivity contribution is 0.0954. The number of nitrogens with zero attached hydrogens (tertiary/aromatic N) is 1. The third-order valence-electron chi connectivity index (χ3n) is 3.66. The minimum Gasteiger partial charge on any atom is -0.352 e. The summed E-state index contributed by atoms with van der Waals surface area (Å²) >= 11 is 3.43. The van der Waals surface area contributed by atoms with Crippen LogP contribution in [-0.4, -0.2) is 17.4 Å². The van der Waals surface area contributed by atoms with Gasteiger partial charge in [-0.05, 0) is 42.3 Å². The Kier molecular flexibility index (Phi) is 5.80. The van der Waals surface area contributed by atoms with Crippen LogP contribution in [0.4, 0.5) is 11.5 Å². The number of benzene rings is 2. The van der Waals surface area contributed by atoms with Gasteiger partial charge in [0.1, 0.15) is 5.82 Å². The maximum Gasteiger partial charge on any atom is 0.252 e. The molecule has 0 aliphatic carbocycles. The molecule has 0 spiro atoms. The Morgan fingerprint density at radius 3 is 2.56 bits per heavy atom. The number of pyridine rings is 1. The molecule has 0 bridgehead atoms. The maximum absolute atomic E-state index is 12.2. The first-order valence-electron chi connectivity index (χ1n) is 8.01. The summed E-state index contributed by atoms with van der Waals surface area (Å²) in [6.07, 6.45) is 2.39. The fraction of sp³-hybridized carbons (Fsp3) is 0.100. The first-order chi connectivity index (χ1) is 12.2. The summed E-state index contributed by atoms with van der Waals surface area (Å²) in [7, 11) is 0. The fourth-order valence-electron chi connectivity index (χ4n) is 2.38. The molecular formula is C20H18BrN3O. The predicted molar refractivity (Wildman–Crippen MR) is 104 cm³/mol. The average molecular weight is 396 g/mol. The van der Waals surface area contributed by atoms with Crippen molar-refractivity contribution in [3.63, 3.8) is 0 Å². The molecule has 0 unspecified atom stereocenters. The van der Waals surface area contributed by atoms with Crippen molar-refractivity contribution in [2.45, 2.75) is 6.42 Å². The van der Waals surface area contributed by atoms with Crippen LogP contribution in [0.5, 0.6) is 0 Å². The lowest BCUT2D eigenvalue weighted by atomic mass is 10.1. The Hall–Kier alpha value is -2.66. The molecule has 25 heavy (non-hydrogen) atoms. The Morgan fingerprint density at radius 2 is 1.84 bits per heavy atom. The van der Waals surface area contributed by atoms with Crippen LogP contribution in [0.3, 0.4) is 0 Å². The maximum atomic E-state index is 12.2. The first kappa shape index (κ1) is 17.2. The van der Waals surface area contributed by atoms with Gasteiger partial charge in [0.05, 0.1) is 5.56 Å². The number of carbonyl (C=O) groups is 1. The highest BCUT2D eigenvalue weighted by Crippen LogP contribution is 2.19. The zero-order valence-corrected chi connectivity index (χ0v) is 15.2. The number of hydrogen-bond donors (Lipinski definition) is 2. The van der Waals surface area contributed by atoms with Crippen molar-refractivity contribution < 1.29 is 4.79 Å². The van der Waals surface area contributed by atoms with E-state index in [2.05, 4.69) is 43.7 Å². The number of nitrogens with one attached hydrogen (secondary N) is 2. The number of rotatable bonds is 6. The van der Waals surface area contributed by atoms with Gasteiger partial charge in [0.15, 0.2) is 0 Å². The van der Waals surface area contributed by atoms with Crippen LogP contribution in [0.2, 0.25) is 0 Å². The quantitative estimate of drug-likeness (QED) is 0.642. The van der Waals surface area contributed by atoms with Gasteiger partial charge in [-0.25, -0.2) is 4.98 Å². The van der Waals surface area contributed by atoms with Crippen molar-refractivity contribution >= 4 is 33.3 Å². The van der Waals surface area contributed by atoms with Gasteiger partial charge in [0.25, 0.3) is 5.91 Å². The van der Waals surface area contributed by atoms with Crippen LogP contribution < -0.4 is 10.6 Å². The molecule has 1 heterocycles. The number of hydrogen-bond acceptors (Lipinski definition) is 3. The third-order valence-corrected chi connectivity index (χ3v) is 4.16. The third kappa shape index (κ3) is 5.16. The molecule has 0 saturated heterocycles. The van der Waals surface area contributed by atoms with Gasteiger partial charge >= 0.3 is 0 Å². The highest BCUT2D eigenvalue weighted by molar-refractivity contribution is 9.10. The van der Waals surface area contributed by atoms with E-state index in [4.69, 9.17) is 0 Å². The molecule has 4 nitrogen and oxygen atoms in total. The molecule has 1 amide bonds. The van der Waals surface area contributed by atoms with Gasteiger partial charge in [-0.3, -0.25) is 4.79 Å². The zero-order valence-electron chi connectivity index (χ0n) is 13.6. The van der Waals surface area contributed by atoms with Crippen molar-refractivity contribution in [3.05, 3.63) is 88.5 Å². The Morgan fingerprint density at radius 1 is 1.00 bits per heavy atom. The van der Waals surface area contributed by atoms with E-state index >= 15 is 0 Å². The number of halogens is 1. The van der Waals surface area contributed by atoms with E-state index in [0.29, 0.717) is 17.9 Å². The fourth-order valence-corrected chi connectivity index (χ4v) is 2.78. The second-order valence-corrected chi connectivity index (χ2v) is 6.47. The number of amides is 1. The minimum absolute atomic E-state index is 0.113. The first-order valence-corrected chi connectivity index (χ1v) is 8.81. The molecule has 0 aliphatic rings. The number of carbonyl (C=O) groups excluding carboxylic acids is 1. The smallest absolute Gasteiger partial charge is 0.252 e. The van der Waals surface area contributed by atoms with Gasteiger partial charge in [-0.15, -0.1) is 0 Å². The monoisotopic (exact) mass is 395 g/mol. The Bertz CT molecular complexity index is 835. The lowest BCUT2D eigenvalue weighted by Gasteiger charge is -2.08. The van der Waals surface area contributed by atoms with E-state index in [1.165, 1.54) is 5.56 Å². The molecule has 0 saturated carbocycles. The summed E-state index contributed by atoms with van der Waals surface area (Å²) in [6.45, 7) is 0.598. The van der Waals surface area contributed by atoms with Crippen LogP contribution in [0.25, 0.3) is 0 Å². The van der Waals surface area contributed by atoms with E-state index in [-0.39, 0.29) is 5.91 Å². The van der Waals surface area contributed by atoms with Gasteiger partial charge in [0, 0.05) is 22.9 Å². The van der Waals surface area contributed by atoms with Gasteiger partial charge < -0.3 is 10.6 Å². The van der Waals surface area contributed by atoms with E-state index in [1.807, 2.05) is 42.5 Å². The summed E-state index contributed by atoms with van der Waals surface area (Å²) in [4.78, 5) is 16.5. The molecule has 0 radical (unpaired) electrons. The second kappa shape index (κ2) is 8.44. The number of aromatic nitrogens is 1. The molecule has 1 aromatic heterocycles. The molecule has 3 rings (SSSR count). The van der Waals surface area contributed by atoms with E-state index in [0.717, 1.165) is 16.6 Å². The zero-order chi connectivity index (χ0) is 17.5. The van der Waals surface area contributed by atoms with Gasteiger partial charge in [-0.1, -0.05) is 52.3 Å². The molecule has 2 N–H and O–H groups in total. The largest absolute Gasteiger partial charge is 0.352 e. The summed E-state index contributed by atoms with van der Waals surface area (Å²) in [5, 5.41) is 6.12. The molecule has 0 fully saturated rings. The van der Waals surface area contributed by atoms with Crippen molar-refractivity contribution in [1.82, 2.24) is 10.3 Å². The highest BCUT2D eigenvalue weighted by Gasteiger charge is 2.06. The number of anilines is 2. The molecule has 0 atom stereocenters. The second-order valence-electron chi connectivity index (χ2n) is 5.56. The van der Waals surface area contributed by atoms with Crippen molar-refractivity contribution in [3.8, 4) is 0 Å². The van der Waals surface area contributed by atoms with E-state index in [9.17, 15) is 4.79 Å². The van der Waals surface area contributed by atoms with Crippen LogP contribution in [-0.2, 0) is 6.42 Å². The highest BCUT2D eigenvalue weighted by atomic mass is 79.9. The van der Waals surface area contributed by atoms with E-state index in [1.54, 1.807) is 18.3 Å². The lowest BCUT2D eigenvalue weighted by Crippen LogP contribution is -2.25. The molecule has 126 valence electrons. The Balaban J connectivity index is 1.53. The van der Waals surface area contributed by atoms with Crippen molar-refractivity contribution in [2.24, 2.45) is 0 Å². The summed E-state index contributed by atoms with van der Waals surface area (Å²) in [6, 6.07) is 21.5. The normalized spacial score (nSPS) is 10.3. The SMILES string of the molecule is O=C(NCCc1ccccc1)c1ccc(Nc2cccc(Br)c2)nc1. The summed E-state index contributed by atoms with van der Waals surface area (Å²) in [5.74, 6) is 0.580. The molecule has 5 heteroatoms. The molecular weight excluding hydrogens is 378 g/mol. The van der Waals surface area contributed by atoms with Crippen LogP contribution in [0, 0.1) is 0 Å². The van der Waals surface area contributed by atoms with Gasteiger partial charge in [0.2, 0.25) is 0 Å². The molecule has 0 aliphatic heterocycles. The van der Waals surface area contributed by atoms with Crippen LogP contribution in [0.1, 0.15) is 15.9 Å². The minimum atomic E-state index is -0.113. The average Bonchev–Trinajstić information content (AvgIpc) is 2.63. The Labute approximate surface area is 155 Å². The van der Waals surface area contributed by atoms with Gasteiger partial charge in [-0.2, -0.15) is 0 Å². The summed E-state index contributed by atoms with van der Waals surface area (Å²) in [5.41, 5.74) is 2.68. The predicted octanol–water partition coefficient (Wildman–Crippen LogP) is 4.56. The standard InChI is InChI=1S/C20H18BrN3O/c21-17-7-4-8-18(13-17)24-19-10-9-16(14-23-19)20(25)22-12-11-15-5-2-1-3-6-15/h1-10,13-14H,11-12H2,(H,22,25)(H,23,24). The van der Waals surface area contributed by atoms with Crippen LogP contribution in [0.15, 0.2) is 77.4 Å². The van der Waals surface area contributed by atoms with E-state index < -0.39 is 0 Å². The molecule has 2 aromatic carbocycles. The topological polar surface area (TPSA) is 54.0 Å².